The minimum absolute atomic E-state index is 0.0375. The van der Waals surface area contributed by atoms with Gasteiger partial charge in [0.15, 0.2) is 0 Å². The molecule has 0 saturated carbocycles. The fourth-order valence-electron chi connectivity index (χ4n) is 2.26. The van der Waals surface area contributed by atoms with Gasteiger partial charge >= 0.3 is 0 Å². The van der Waals surface area contributed by atoms with Crippen LogP contribution < -0.4 is 11.1 Å². The highest BCUT2D eigenvalue weighted by atomic mass is 16.5. The van der Waals surface area contributed by atoms with Crippen LogP contribution in [0.3, 0.4) is 0 Å². The molecule has 3 atom stereocenters. The van der Waals surface area contributed by atoms with E-state index in [0.717, 1.165) is 6.42 Å². The van der Waals surface area contributed by atoms with E-state index in [0.29, 0.717) is 13.2 Å². The summed E-state index contributed by atoms with van der Waals surface area (Å²) in [5.41, 5.74) is 5.39. The molecule has 0 aliphatic carbocycles. The zero-order valence-electron chi connectivity index (χ0n) is 12.0. The van der Waals surface area contributed by atoms with Gasteiger partial charge in [0.05, 0.1) is 18.6 Å². The van der Waals surface area contributed by atoms with Crippen molar-refractivity contribution in [2.24, 2.45) is 11.1 Å². The Labute approximate surface area is 111 Å². The molecule has 1 fully saturated rings. The Bertz CT molecular complexity index is 271. The van der Waals surface area contributed by atoms with Gasteiger partial charge in [-0.3, -0.25) is 4.79 Å². The fourth-order valence-corrected chi connectivity index (χ4v) is 2.26. The molecule has 3 unspecified atom stereocenters. The van der Waals surface area contributed by atoms with E-state index in [9.17, 15) is 4.79 Å². The molecule has 1 aliphatic rings. The molecule has 1 heterocycles. The van der Waals surface area contributed by atoms with Gasteiger partial charge in [-0.2, -0.15) is 0 Å². The maximum Gasteiger partial charge on any atom is 0.230 e. The highest BCUT2D eigenvalue weighted by Crippen LogP contribution is 2.27. The first-order valence-electron chi connectivity index (χ1n) is 7.15. The van der Waals surface area contributed by atoms with Crippen molar-refractivity contribution in [3.05, 3.63) is 0 Å². The van der Waals surface area contributed by atoms with E-state index in [1.54, 1.807) is 0 Å². The van der Waals surface area contributed by atoms with Crippen molar-refractivity contribution in [2.45, 2.75) is 65.0 Å². The summed E-state index contributed by atoms with van der Waals surface area (Å²) in [4.78, 5) is 12.2. The minimum atomic E-state index is -0.558. The van der Waals surface area contributed by atoms with Crippen molar-refractivity contribution in [1.29, 1.82) is 0 Å². The molecule has 4 heteroatoms. The molecule has 106 valence electrons. The summed E-state index contributed by atoms with van der Waals surface area (Å²) in [6.07, 6.45) is 5.98. The van der Waals surface area contributed by atoms with E-state index in [-0.39, 0.29) is 18.0 Å². The summed E-state index contributed by atoms with van der Waals surface area (Å²) in [6.45, 7) is 7.07. The van der Waals surface area contributed by atoms with Gasteiger partial charge in [-0.1, -0.05) is 32.6 Å². The third-order valence-electron chi connectivity index (χ3n) is 3.90. The number of amides is 1. The Morgan fingerprint density at radius 1 is 1.50 bits per heavy atom. The van der Waals surface area contributed by atoms with Crippen molar-refractivity contribution in [3.63, 3.8) is 0 Å². The van der Waals surface area contributed by atoms with Crippen LogP contribution in [0.5, 0.6) is 0 Å². The van der Waals surface area contributed by atoms with Crippen LogP contribution in [0.4, 0.5) is 0 Å². The molecule has 0 aromatic rings. The van der Waals surface area contributed by atoms with E-state index < -0.39 is 5.41 Å². The lowest BCUT2D eigenvalue weighted by Gasteiger charge is -2.27. The predicted molar refractivity (Wildman–Crippen MR) is 73.3 cm³/mol. The number of nitrogens with one attached hydrogen (secondary N) is 1. The van der Waals surface area contributed by atoms with Crippen LogP contribution in [-0.2, 0) is 9.53 Å². The SMILES string of the molecule is CCCCCCC(C)NC(=O)C1(C)COCC1N. The lowest BCUT2D eigenvalue weighted by atomic mass is 9.84. The molecular formula is C14H28N2O2. The monoisotopic (exact) mass is 256 g/mol. The minimum Gasteiger partial charge on any atom is -0.379 e. The van der Waals surface area contributed by atoms with Crippen LogP contribution in [0.25, 0.3) is 0 Å². The van der Waals surface area contributed by atoms with Gasteiger partial charge in [0.25, 0.3) is 0 Å². The Morgan fingerprint density at radius 2 is 2.22 bits per heavy atom. The summed E-state index contributed by atoms with van der Waals surface area (Å²) in [5, 5.41) is 3.07. The normalized spacial score (nSPS) is 29.2. The second kappa shape index (κ2) is 7.10. The largest absolute Gasteiger partial charge is 0.379 e. The summed E-state index contributed by atoms with van der Waals surface area (Å²) in [7, 11) is 0. The zero-order valence-corrected chi connectivity index (χ0v) is 12.0. The lowest BCUT2D eigenvalue weighted by molar-refractivity contribution is -0.131. The van der Waals surface area contributed by atoms with Gasteiger partial charge in [0.2, 0.25) is 5.91 Å². The van der Waals surface area contributed by atoms with Crippen LogP contribution in [0, 0.1) is 5.41 Å². The van der Waals surface area contributed by atoms with Crippen molar-refractivity contribution >= 4 is 5.91 Å². The summed E-state index contributed by atoms with van der Waals surface area (Å²) < 4.78 is 5.30. The maximum atomic E-state index is 12.2. The summed E-state index contributed by atoms with van der Waals surface area (Å²) in [5.74, 6) is 0.0375. The van der Waals surface area contributed by atoms with Gasteiger partial charge < -0.3 is 15.8 Å². The average Bonchev–Trinajstić information content (AvgIpc) is 2.67. The van der Waals surface area contributed by atoms with E-state index in [1.807, 2.05) is 6.92 Å². The first-order chi connectivity index (χ1) is 8.50. The quantitative estimate of drug-likeness (QED) is 0.683. The van der Waals surface area contributed by atoms with Gasteiger partial charge in [0.1, 0.15) is 0 Å². The summed E-state index contributed by atoms with van der Waals surface area (Å²) >= 11 is 0. The number of hydrogen-bond acceptors (Lipinski definition) is 3. The topological polar surface area (TPSA) is 64.3 Å². The maximum absolute atomic E-state index is 12.2. The van der Waals surface area contributed by atoms with E-state index >= 15 is 0 Å². The molecule has 0 aromatic heterocycles. The van der Waals surface area contributed by atoms with Crippen molar-refractivity contribution in [1.82, 2.24) is 5.32 Å². The molecular weight excluding hydrogens is 228 g/mol. The second-order valence-corrected chi connectivity index (χ2v) is 5.76. The molecule has 3 N–H and O–H groups in total. The molecule has 0 bridgehead atoms. The molecule has 18 heavy (non-hydrogen) atoms. The molecule has 4 nitrogen and oxygen atoms in total. The number of rotatable bonds is 7. The Morgan fingerprint density at radius 3 is 2.78 bits per heavy atom. The van der Waals surface area contributed by atoms with Crippen LogP contribution in [0.1, 0.15) is 52.9 Å². The average molecular weight is 256 g/mol. The smallest absolute Gasteiger partial charge is 0.230 e. The second-order valence-electron chi connectivity index (χ2n) is 5.76. The zero-order chi connectivity index (χ0) is 13.6. The molecule has 0 aromatic carbocycles. The van der Waals surface area contributed by atoms with E-state index in [2.05, 4.69) is 19.2 Å². The highest BCUT2D eigenvalue weighted by molar-refractivity contribution is 5.83. The number of hydrogen-bond donors (Lipinski definition) is 2. The number of nitrogens with two attached hydrogens (primary N) is 1. The molecule has 1 saturated heterocycles. The Kier molecular flexibility index (Phi) is 6.09. The first kappa shape index (κ1) is 15.4. The fraction of sp³-hybridized carbons (Fsp3) is 0.929. The predicted octanol–water partition coefficient (Wildman–Crippen LogP) is 1.83. The van der Waals surface area contributed by atoms with Crippen molar-refractivity contribution < 1.29 is 9.53 Å². The molecule has 0 spiro atoms. The van der Waals surface area contributed by atoms with Crippen LogP contribution in [0.15, 0.2) is 0 Å². The standard InChI is InChI=1S/C14H28N2O2/c1-4-5-6-7-8-11(2)16-13(17)14(3)10-18-9-12(14)15/h11-12H,4-10,15H2,1-3H3,(H,16,17). The number of carbonyl (C=O) groups is 1. The lowest BCUT2D eigenvalue weighted by Crippen LogP contribution is -2.51. The van der Waals surface area contributed by atoms with E-state index in [1.165, 1.54) is 25.7 Å². The first-order valence-corrected chi connectivity index (χ1v) is 7.15. The van der Waals surface area contributed by atoms with Gasteiger partial charge in [-0.15, -0.1) is 0 Å². The number of unbranched alkanes of at least 4 members (excludes halogenated alkanes) is 3. The number of carbonyl (C=O) groups excluding carboxylic acids is 1. The van der Waals surface area contributed by atoms with Crippen LogP contribution in [-0.4, -0.2) is 31.2 Å². The highest BCUT2D eigenvalue weighted by Gasteiger charge is 2.44. The third kappa shape index (κ3) is 3.95. The summed E-state index contributed by atoms with van der Waals surface area (Å²) in [6, 6.07) is 0.0313. The van der Waals surface area contributed by atoms with E-state index in [4.69, 9.17) is 10.5 Å². The third-order valence-corrected chi connectivity index (χ3v) is 3.90. The molecule has 1 aliphatic heterocycles. The Hall–Kier alpha value is -0.610. The molecule has 1 amide bonds. The number of ether oxygens (including phenoxy) is 1. The van der Waals surface area contributed by atoms with Crippen molar-refractivity contribution in [3.8, 4) is 0 Å². The van der Waals surface area contributed by atoms with Crippen LogP contribution >= 0.6 is 0 Å². The van der Waals surface area contributed by atoms with Gasteiger partial charge in [-0.05, 0) is 20.3 Å². The molecule has 1 rings (SSSR count). The van der Waals surface area contributed by atoms with Crippen molar-refractivity contribution in [2.75, 3.05) is 13.2 Å². The van der Waals surface area contributed by atoms with Crippen LogP contribution in [0.2, 0.25) is 0 Å². The van der Waals surface area contributed by atoms with Gasteiger partial charge in [-0.25, -0.2) is 0 Å². The van der Waals surface area contributed by atoms with Gasteiger partial charge in [0, 0.05) is 12.1 Å². The Balaban J connectivity index is 2.30. The molecule has 0 radical (unpaired) electrons.